The molecule has 0 aliphatic heterocycles. The summed E-state index contributed by atoms with van der Waals surface area (Å²) in [6.45, 7) is 0. The third kappa shape index (κ3) is 2.51. The summed E-state index contributed by atoms with van der Waals surface area (Å²) in [6.07, 6.45) is 1.58. The molecule has 0 unspecified atom stereocenters. The number of pyridine rings is 1. The Morgan fingerprint density at radius 2 is 2.07 bits per heavy atom. The molecule has 0 aliphatic carbocycles. The first-order valence-electron chi connectivity index (χ1n) is 4.15. The van der Waals surface area contributed by atoms with Crippen LogP contribution in [0.15, 0.2) is 34.9 Å². The number of halogens is 3. The largest absolute Gasteiger partial charge is 0.253 e. The smallest absolute Gasteiger partial charge is 0.0889 e. The number of benzene rings is 1. The molecule has 0 fully saturated rings. The summed E-state index contributed by atoms with van der Waals surface area (Å²) in [6, 6.07) is 10.3. The van der Waals surface area contributed by atoms with Gasteiger partial charge in [-0.3, -0.25) is 4.98 Å². The molecule has 0 bridgehead atoms. The second kappa shape index (κ2) is 4.52. The zero-order valence-corrected chi connectivity index (χ0v) is 10.6. The normalized spacial score (nSPS) is 10.3. The Bertz CT molecular complexity index is 500. The lowest BCUT2D eigenvalue weighted by atomic mass is 10.1. The van der Waals surface area contributed by atoms with Gasteiger partial charge in [-0.2, -0.15) is 0 Å². The lowest BCUT2D eigenvalue weighted by Crippen LogP contribution is -1.84. The lowest BCUT2D eigenvalue weighted by Gasteiger charge is -2.03. The summed E-state index contributed by atoms with van der Waals surface area (Å²) < 4.78 is 0.868. The number of rotatable bonds is 1. The van der Waals surface area contributed by atoms with E-state index in [0.29, 0.717) is 10.0 Å². The molecule has 0 saturated carbocycles. The minimum atomic E-state index is 0.533. The van der Waals surface area contributed by atoms with Crippen molar-refractivity contribution in [3.8, 4) is 11.3 Å². The zero-order valence-electron chi connectivity index (χ0n) is 7.47. The van der Waals surface area contributed by atoms with Crippen LogP contribution in [-0.2, 0) is 0 Å². The van der Waals surface area contributed by atoms with Crippen molar-refractivity contribution in [1.29, 1.82) is 0 Å². The van der Waals surface area contributed by atoms with E-state index < -0.39 is 0 Å². The third-order valence-corrected chi connectivity index (χ3v) is 2.80. The van der Waals surface area contributed by atoms with Crippen LogP contribution in [-0.4, -0.2) is 4.98 Å². The van der Waals surface area contributed by atoms with Gasteiger partial charge in [0.1, 0.15) is 0 Å². The van der Waals surface area contributed by atoms with E-state index in [1.54, 1.807) is 12.3 Å². The van der Waals surface area contributed by atoms with E-state index in [0.717, 1.165) is 15.7 Å². The maximum Gasteiger partial charge on any atom is 0.0889 e. The second-order valence-corrected chi connectivity index (χ2v) is 4.61. The summed E-state index contributed by atoms with van der Waals surface area (Å²) in [4.78, 5) is 4.19. The summed E-state index contributed by atoms with van der Waals surface area (Å²) in [5.74, 6) is 0. The molecule has 0 N–H and O–H groups in total. The van der Waals surface area contributed by atoms with E-state index in [4.69, 9.17) is 23.2 Å². The maximum atomic E-state index is 6.04. The van der Waals surface area contributed by atoms with E-state index in [9.17, 15) is 0 Å². The number of hydrogen-bond acceptors (Lipinski definition) is 1. The van der Waals surface area contributed by atoms with Crippen LogP contribution in [0.4, 0.5) is 0 Å². The first-order valence-corrected chi connectivity index (χ1v) is 5.70. The minimum absolute atomic E-state index is 0.533. The Morgan fingerprint density at radius 1 is 1.27 bits per heavy atom. The Balaban J connectivity index is 2.54. The highest BCUT2D eigenvalue weighted by atomic mass is 79.9. The summed E-state index contributed by atoms with van der Waals surface area (Å²) in [5.41, 5.74) is 1.65. The molecule has 75 valence electrons. The quantitative estimate of drug-likeness (QED) is 0.749. The zero-order chi connectivity index (χ0) is 10.8. The molecular weight excluding hydrogens is 297 g/mol. The van der Waals surface area contributed by atoms with Gasteiger partial charge in [-0.25, -0.2) is 0 Å². The highest BCUT2D eigenvalue weighted by Gasteiger charge is 2.05. The molecule has 15 heavy (non-hydrogen) atoms. The molecule has 0 amide bonds. The molecule has 0 aliphatic rings. The molecule has 1 heterocycles. The van der Waals surface area contributed by atoms with Crippen LogP contribution < -0.4 is 0 Å². The van der Waals surface area contributed by atoms with E-state index in [1.807, 2.05) is 18.2 Å². The van der Waals surface area contributed by atoms with Crippen LogP contribution in [0.5, 0.6) is 0 Å². The van der Waals surface area contributed by atoms with Crippen molar-refractivity contribution in [3.05, 3.63) is 51.0 Å². The van der Waals surface area contributed by atoms with Crippen LogP contribution >= 0.6 is 39.1 Å². The number of nitrogens with zero attached hydrogens (tertiary/aromatic N) is 1. The Labute approximate surface area is 106 Å². The average Bonchev–Trinajstić information content (AvgIpc) is 2.17. The fourth-order valence-electron chi connectivity index (χ4n) is 1.21. The highest BCUT2D eigenvalue weighted by molar-refractivity contribution is 9.10. The molecule has 1 aromatic heterocycles. The Morgan fingerprint density at radius 3 is 2.73 bits per heavy atom. The monoisotopic (exact) mass is 300 g/mol. The summed E-state index contributed by atoms with van der Waals surface area (Å²) >= 11 is 15.2. The lowest BCUT2D eigenvalue weighted by molar-refractivity contribution is 1.32. The van der Waals surface area contributed by atoms with Crippen molar-refractivity contribution in [2.45, 2.75) is 0 Å². The molecule has 1 radical (unpaired) electrons. The Hall–Kier alpha value is -0.570. The van der Waals surface area contributed by atoms with Crippen molar-refractivity contribution in [3.63, 3.8) is 0 Å². The van der Waals surface area contributed by atoms with Crippen molar-refractivity contribution in [1.82, 2.24) is 4.98 Å². The van der Waals surface area contributed by atoms with Gasteiger partial charge in [0.15, 0.2) is 0 Å². The van der Waals surface area contributed by atoms with Gasteiger partial charge in [0.2, 0.25) is 0 Å². The molecule has 2 aromatic rings. The number of hydrogen-bond donors (Lipinski definition) is 0. The second-order valence-electron chi connectivity index (χ2n) is 2.91. The molecule has 0 saturated heterocycles. The third-order valence-electron chi connectivity index (χ3n) is 1.85. The standard InChI is InChI=1S/C11H5BrCl2N/c12-8-3-1-2-7(4-8)11-10(14)5-9(13)6-15-11/h1-2,4-6H. The van der Waals surface area contributed by atoms with Crippen LogP contribution in [0.1, 0.15) is 0 Å². The number of aromatic nitrogens is 1. The van der Waals surface area contributed by atoms with Gasteiger partial charge in [-0.15, -0.1) is 0 Å². The fourth-order valence-corrected chi connectivity index (χ4v) is 2.08. The van der Waals surface area contributed by atoms with Crippen LogP contribution in [0, 0.1) is 6.07 Å². The predicted octanol–water partition coefficient (Wildman–Crippen LogP) is 4.62. The van der Waals surface area contributed by atoms with E-state index in [2.05, 4.69) is 27.0 Å². The van der Waals surface area contributed by atoms with Crippen molar-refractivity contribution in [2.24, 2.45) is 0 Å². The van der Waals surface area contributed by atoms with E-state index in [1.165, 1.54) is 0 Å². The van der Waals surface area contributed by atoms with Crippen molar-refractivity contribution < 1.29 is 0 Å². The molecule has 0 atom stereocenters. The summed E-state index contributed by atoms with van der Waals surface area (Å²) in [7, 11) is 0. The van der Waals surface area contributed by atoms with Gasteiger partial charge in [-0.1, -0.05) is 51.3 Å². The molecule has 1 nitrogen and oxygen atoms in total. The van der Waals surface area contributed by atoms with Gasteiger partial charge in [0.05, 0.1) is 15.7 Å². The van der Waals surface area contributed by atoms with Crippen molar-refractivity contribution >= 4 is 39.1 Å². The molecular formula is C11H5BrCl2N. The fraction of sp³-hybridized carbons (Fsp3) is 0. The predicted molar refractivity (Wildman–Crippen MR) is 66.2 cm³/mol. The van der Waals surface area contributed by atoms with Gasteiger partial charge in [0, 0.05) is 16.2 Å². The molecule has 4 heteroatoms. The van der Waals surface area contributed by atoms with Gasteiger partial charge >= 0.3 is 0 Å². The minimum Gasteiger partial charge on any atom is -0.253 e. The molecule has 2 rings (SSSR count). The van der Waals surface area contributed by atoms with Crippen LogP contribution in [0.2, 0.25) is 10.0 Å². The van der Waals surface area contributed by atoms with Crippen molar-refractivity contribution in [2.75, 3.05) is 0 Å². The van der Waals surface area contributed by atoms with Crippen LogP contribution in [0.25, 0.3) is 11.3 Å². The van der Waals surface area contributed by atoms with E-state index >= 15 is 0 Å². The average molecular weight is 302 g/mol. The summed E-state index contributed by atoms with van der Waals surface area (Å²) in [5, 5.41) is 1.07. The topological polar surface area (TPSA) is 12.9 Å². The van der Waals surface area contributed by atoms with Gasteiger partial charge in [0.25, 0.3) is 0 Å². The first kappa shape index (κ1) is 10.9. The SMILES string of the molecule is Clc1cnc(-c2cc[c]c(Br)c2)c(Cl)c1. The van der Waals surface area contributed by atoms with Crippen LogP contribution in [0.3, 0.4) is 0 Å². The van der Waals surface area contributed by atoms with E-state index in [-0.39, 0.29) is 0 Å². The van der Waals surface area contributed by atoms with Gasteiger partial charge < -0.3 is 0 Å². The van der Waals surface area contributed by atoms with Gasteiger partial charge in [-0.05, 0) is 18.2 Å². The molecule has 0 spiro atoms. The molecule has 1 aromatic carbocycles. The first-order chi connectivity index (χ1) is 7.16. The Kier molecular flexibility index (Phi) is 3.29. The highest BCUT2D eigenvalue weighted by Crippen LogP contribution is 2.29. The maximum absolute atomic E-state index is 6.04.